The van der Waals surface area contributed by atoms with E-state index in [0.717, 1.165) is 25.7 Å². The van der Waals surface area contributed by atoms with Gasteiger partial charge in [0.15, 0.2) is 6.17 Å². The van der Waals surface area contributed by atoms with Crippen LogP contribution in [-0.2, 0) is 9.53 Å². The van der Waals surface area contributed by atoms with Crippen LogP contribution in [0.4, 0.5) is 4.39 Å². The standard InChI is InChI=1S/C9H15FO2/c1-2-12-9(11)8(10)7-5-3-4-6-7/h7-8H,2-6H2,1H3. The maximum Gasteiger partial charge on any atom is 0.341 e. The average molecular weight is 174 g/mol. The van der Waals surface area contributed by atoms with Crippen molar-refractivity contribution in [3.8, 4) is 0 Å². The quantitative estimate of drug-likeness (QED) is 0.612. The molecule has 1 unspecified atom stereocenters. The van der Waals surface area contributed by atoms with Crippen molar-refractivity contribution in [1.82, 2.24) is 0 Å². The van der Waals surface area contributed by atoms with E-state index in [9.17, 15) is 9.18 Å². The van der Waals surface area contributed by atoms with Crippen LogP contribution in [0.3, 0.4) is 0 Å². The van der Waals surface area contributed by atoms with Crippen molar-refractivity contribution in [2.24, 2.45) is 5.92 Å². The third kappa shape index (κ3) is 2.19. The van der Waals surface area contributed by atoms with E-state index in [-0.39, 0.29) is 12.5 Å². The lowest BCUT2D eigenvalue weighted by molar-refractivity contribution is -0.151. The first-order chi connectivity index (χ1) is 5.75. The van der Waals surface area contributed by atoms with E-state index in [1.54, 1.807) is 6.92 Å². The molecule has 12 heavy (non-hydrogen) atoms. The number of hydrogen-bond acceptors (Lipinski definition) is 2. The van der Waals surface area contributed by atoms with Gasteiger partial charge >= 0.3 is 5.97 Å². The molecule has 0 aromatic rings. The highest BCUT2D eigenvalue weighted by Crippen LogP contribution is 2.29. The molecule has 2 nitrogen and oxygen atoms in total. The monoisotopic (exact) mass is 174 g/mol. The van der Waals surface area contributed by atoms with E-state index in [1.165, 1.54) is 0 Å². The Morgan fingerprint density at radius 2 is 2.17 bits per heavy atom. The smallest absolute Gasteiger partial charge is 0.341 e. The van der Waals surface area contributed by atoms with E-state index >= 15 is 0 Å². The molecule has 1 fully saturated rings. The molecule has 3 heteroatoms. The molecule has 1 atom stereocenters. The van der Waals surface area contributed by atoms with Gasteiger partial charge in [-0.05, 0) is 19.8 Å². The second kappa shape index (κ2) is 4.43. The molecule has 0 radical (unpaired) electrons. The second-order valence-electron chi connectivity index (χ2n) is 3.20. The molecule has 0 saturated heterocycles. The molecule has 1 aliphatic carbocycles. The summed E-state index contributed by atoms with van der Waals surface area (Å²) < 4.78 is 17.8. The third-order valence-electron chi connectivity index (χ3n) is 2.33. The van der Waals surface area contributed by atoms with Crippen molar-refractivity contribution >= 4 is 5.97 Å². The second-order valence-corrected chi connectivity index (χ2v) is 3.20. The number of rotatable bonds is 3. The van der Waals surface area contributed by atoms with Gasteiger partial charge in [-0.1, -0.05) is 12.8 Å². The average Bonchev–Trinajstić information content (AvgIpc) is 2.55. The summed E-state index contributed by atoms with van der Waals surface area (Å²) in [5.41, 5.74) is 0. The number of ether oxygens (including phenoxy) is 1. The fraction of sp³-hybridized carbons (Fsp3) is 0.889. The van der Waals surface area contributed by atoms with E-state index in [4.69, 9.17) is 0 Å². The van der Waals surface area contributed by atoms with Gasteiger partial charge < -0.3 is 4.74 Å². The predicted molar refractivity (Wildman–Crippen MR) is 43.5 cm³/mol. The maximum absolute atomic E-state index is 13.2. The molecule has 0 aliphatic heterocycles. The zero-order valence-corrected chi connectivity index (χ0v) is 7.38. The lowest BCUT2D eigenvalue weighted by Crippen LogP contribution is -2.25. The first-order valence-corrected chi connectivity index (χ1v) is 4.56. The van der Waals surface area contributed by atoms with Crippen LogP contribution >= 0.6 is 0 Å². The number of alkyl halides is 1. The van der Waals surface area contributed by atoms with E-state index < -0.39 is 12.1 Å². The van der Waals surface area contributed by atoms with E-state index in [2.05, 4.69) is 4.74 Å². The third-order valence-corrected chi connectivity index (χ3v) is 2.33. The Labute approximate surface area is 72.1 Å². The van der Waals surface area contributed by atoms with Crippen LogP contribution in [0.15, 0.2) is 0 Å². The Hall–Kier alpha value is -0.600. The molecule has 0 aromatic carbocycles. The van der Waals surface area contributed by atoms with Crippen molar-refractivity contribution in [3.63, 3.8) is 0 Å². The van der Waals surface area contributed by atoms with Crippen LogP contribution in [0, 0.1) is 5.92 Å². The first-order valence-electron chi connectivity index (χ1n) is 4.56. The van der Waals surface area contributed by atoms with Crippen LogP contribution < -0.4 is 0 Å². The SMILES string of the molecule is CCOC(=O)C(F)C1CCCC1. The molecule has 1 saturated carbocycles. The molecule has 0 bridgehead atoms. The van der Waals surface area contributed by atoms with Gasteiger partial charge in [-0.2, -0.15) is 0 Å². The predicted octanol–water partition coefficient (Wildman–Crippen LogP) is 2.08. The molecule has 1 aliphatic rings. The summed E-state index contributed by atoms with van der Waals surface area (Å²) in [6, 6.07) is 0. The lowest BCUT2D eigenvalue weighted by Gasteiger charge is -2.12. The van der Waals surface area contributed by atoms with Gasteiger partial charge in [0, 0.05) is 5.92 Å². The molecule has 0 amide bonds. The minimum absolute atomic E-state index is 0.0796. The fourth-order valence-electron chi connectivity index (χ4n) is 1.66. The van der Waals surface area contributed by atoms with Gasteiger partial charge in [0.1, 0.15) is 0 Å². The number of carbonyl (C=O) groups is 1. The highest BCUT2D eigenvalue weighted by atomic mass is 19.1. The summed E-state index contributed by atoms with van der Waals surface area (Å²) in [5, 5.41) is 0. The summed E-state index contributed by atoms with van der Waals surface area (Å²) in [4.78, 5) is 10.9. The fourth-order valence-corrected chi connectivity index (χ4v) is 1.66. The van der Waals surface area contributed by atoms with Gasteiger partial charge in [0.05, 0.1) is 6.61 Å². The summed E-state index contributed by atoms with van der Waals surface area (Å²) in [5.74, 6) is -0.756. The van der Waals surface area contributed by atoms with Crippen molar-refractivity contribution < 1.29 is 13.9 Å². The summed E-state index contributed by atoms with van der Waals surface area (Å²) in [6.07, 6.45) is 2.38. The zero-order chi connectivity index (χ0) is 8.97. The van der Waals surface area contributed by atoms with Gasteiger partial charge in [0.25, 0.3) is 0 Å². The molecular formula is C9H15FO2. The van der Waals surface area contributed by atoms with Gasteiger partial charge in [0.2, 0.25) is 0 Å². The van der Waals surface area contributed by atoms with E-state index in [0.29, 0.717) is 0 Å². The minimum Gasteiger partial charge on any atom is -0.464 e. The first kappa shape index (κ1) is 9.49. The number of carbonyl (C=O) groups excluding carboxylic acids is 1. The maximum atomic E-state index is 13.2. The van der Waals surface area contributed by atoms with Gasteiger partial charge in [-0.3, -0.25) is 0 Å². The highest BCUT2D eigenvalue weighted by molar-refractivity contribution is 5.74. The molecule has 70 valence electrons. The van der Waals surface area contributed by atoms with Crippen LogP contribution in [0.2, 0.25) is 0 Å². The van der Waals surface area contributed by atoms with Crippen LogP contribution in [0.1, 0.15) is 32.6 Å². The van der Waals surface area contributed by atoms with Crippen LogP contribution in [-0.4, -0.2) is 18.7 Å². The van der Waals surface area contributed by atoms with Crippen LogP contribution in [0.5, 0.6) is 0 Å². The Bertz CT molecular complexity index is 153. The normalized spacial score (nSPS) is 20.8. The number of halogens is 1. The van der Waals surface area contributed by atoms with Crippen molar-refractivity contribution in [2.75, 3.05) is 6.61 Å². The lowest BCUT2D eigenvalue weighted by atomic mass is 10.0. The highest BCUT2D eigenvalue weighted by Gasteiger charge is 2.31. The van der Waals surface area contributed by atoms with Crippen molar-refractivity contribution in [3.05, 3.63) is 0 Å². The van der Waals surface area contributed by atoms with Crippen molar-refractivity contribution in [2.45, 2.75) is 38.8 Å². The largest absolute Gasteiger partial charge is 0.464 e. The van der Waals surface area contributed by atoms with Gasteiger partial charge in [-0.25, -0.2) is 9.18 Å². The molecule has 0 N–H and O–H groups in total. The van der Waals surface area contributed by atoms with Crippen LogP contribution in [0.25, 0.3) is 0 Å². The molecule has 1 rings (SSSR count). The Morgan fingerprint density at radius 3 is 2.67 bits per heavy atom. The van der Waals surface area contributed by atoms with E-state index in [1.807, 2.05) is 0 Å². The summed E-state index contributed by atoms with van der Waals surface area (Å²) in [6.45, 7) is 1.96. The minimum atomic E-state index is -1.38. The molecular weight excluding hydrogens is 159 g/mol. The van der Waals surface area contributed by atoms with Crippen molar-refractivity contribution in [1.29, 1.82) is 0 Å². The number of hydrogen-bond donors (Lipinski definition) is 0. The Morgan fingerprint density at radius 1 is 1.58 bits per heavy atom. The summed E-state index contributed by atoms with van der Waals surface area (Å²) >= 11 is 0. The zero-order valence-electron chi connectivity index (χ0n) is 7.38. The van der Waals surface area contributed by atoms with Gasteiger partial charge in [-0.15, -0.1) is 0 Å². The molecule has 0 aromatic heterocycles. The topological polar surface area (TPSA) is 26.3 Å². The summed E-state index contributed by atoms with van der Waals surface area (Å²) in [7, 11) is 0. The Kier molecular flexibility index (Phi) is 3.50. The number of esters is 1. The molecule has 0 heterocycles. The Balaban J connectivity index is 2.34. The molecule has 0 spiro atoms.